The second-order valence-corrected chi connectivity index (χ2v) is 3.59. The standard InChI is InChI=1S/C11H15N3O2/c1-12-6-9-8-16-11(13-9)14(2)7-10-4-3-5-15-10/h3-5,8,12H,6-7H2,1-2H3. The lowest BCUT2D eigenvalue weighted by molar-refractivity contribution is 0.488. The molecule has 0 saturated carbocycles. The zero-order chi connectivity index (χ0) is 11.4. The van der Waals surface area contributed by atoms with Crippen LogP contribution in [0.1, 0.15) is 11.5 Å². The Labute approximate surface area is 94.1 Å². The Morgan fingerprint density at radius 3 is 3.00 bits per heavy atom. The lowest BCUT2D eigenvalue weighted by atomic mass is 10.4. The minimum atomic E-state index is 0.599. The van der Waals surface area contributed by atoms with E-state index in [9.17, 15) is 0 Å². The van der Waals surface area contributed by atoms with Gasteiger partial charge >= 0.3 is 0 Å². The van der Waals surface area contributed by atoms with E-state index in [0.717, 1.165) is 11.5 Å². The van der Waals surface area contributed by atoms with Crippen LogP contribution >= 0.6 is 0 Å². The van der Waals surface area contributed by atoms with Crippen LogP contribution in [0.15, 0.2) is 33.5 Å². The van der Waals surface area contributed by atoms with Crippen LogP contribution < -0.4 is 10.2 Å². The molecule has 16 heavy (non-hydrogen) atoms. The van der Waals surface area contributed by atoms with Crippen molar-refractivity contribution in [3.63, 3.8) is 0 Å². The van der Waals surface area contributed by atoms with Crippen molar-refractivity contribution in [2.75, 3.05) is 19.0 Å². The number of nitrogens with zero attached hydrogens (tertiary/aromatic N) is 2. The van der Waals surface area contributed by atoms with Gasteiger partial charge in [-0.05, 0) is 19.2 Å². The Hall–Kier alpha value is -1.75. The third-order valence-electron chi connectivity index (χ3n) is 2.20. The number of hydrogen-bond acceptors (Lipinski definition) is 5. The molecule has 0 aliphatic rings. The number of anilines is 1. The van der Waals surface area contributed by atoms with Crippen LogP contribution in [0.3, 0.4) is 0 Å². The van der Waals surface area contributed by atoms with Gasteiger partial charge in [0.1, 0.15) is 12.0 Å². The van der Waals surface area contributed by atoms with E-state index in [1.165, 1.54) is 0 Å². The van der Waals surface area contributed by atoms with Crippen molar-refractivity contribution < 1.29 is 8.83 Å². The fourth-order valence-corrected chi connectivity index (χ4v) is 1.44. The van der Waals surface area contributed by atoms with Gasteiger partial charge in [-0.3, -0.25) is 0 Å². The number of furan rings is 1. The molecule has 5 heteroatoms. The summed E-state index contributed by atoms with van der Waals surface area (Å²) < 4.78 is 10.6. The highest BCUT2D eigenvalue weighted by Crippen LogP contribution is 2.14. The van der Waals surface area contributed by atoms with Gasteiger partial charge in [0.15, 0.2) is 0 Å². The maximum atomic E-state index is 5.36. The second kappa shape index (κ2) is 4.85. The monoisotopic (exact) mass is 221 g/mol. The minimum absolute atomic E-state index is 0.599. The third-order valence-corrected chi connectivity index (χ3v) is 2.20. The van der Waals surface area contributed by atoms with E-state index in [1.807, 2.05) is 31.1 Å². The molecule has 0 amide bonds. The highest BCUT2D eigenvalue weighted by Gasteiger charge is 2.10. The molecule has 0 spiro atoms. The summed E-state index contributed by atoms with van der Waals surface area (Å²) in [6.07, 6.45) is 3.32. The molecular weight excluding hydrogens is 206 g/mol. The summed E-state index contributed by atoms with van der Waals surface area (Å²) in [5, 5.41) is 3.02. The van der Waals surface area contributed by atoms with Crippen molar-refractivity contribution in [1.82, 2.24) is 10.3 Å². The average Bonchev–Trinajstić information content (AvgIpc) is 2.89. The maximum absolute atomic E-state index is 5.36. The number of oxazole rings is 1. The molecule has 0 aromatic carbocycles. The molecule has 0 bridgehead atoms. The third kappa shape index (κ3) is 2.43. The SMILES string of the molecule is CNCc1coc(N(C)Cc2ccco2)n1. The molecule has 0 aliphatic carbocycles. The molecule has 0 aliphatic heterocycles. The van der Waals surface area contributed by atoms with E-state index < -0.39 is 0 Å². The molecule has 0 fully saturated rings. The molecule has 5 nitrogen and oxygen atoms in total. The Morgan fingerprint density at radius 2 is 2.31 bits per heavy atom. The number of nitrogens with one attached hydrogen (secondary N) is 1. The molecule has 0 radical (unpaired) electrons. The first kappa shape index (κ1) is 10.8. The molecule has 2 heterocycles. The normalized spacial score (nSPS) is 10.6. The van der Waals surface area contributed by atoms with Crippen LogP contribution in [0.2, 0.25) is 0 Å². The Morgan fingerprint density at radius 1 is 1.44 bits per heavy atom. The van der Waals surface area contributed by atoms with Crippen LogP contribution in [0.5, 0.6) is 0 Å². The predicted octanol–water partition coefficient (Wildman–Crippen LogP) is 1.62. The van der Waals surface area contributed by atoms with Crippen molar-refractivity contribution in [2.45, 2.75) is 13.1 Å². The highest BCUT2D eigenvalue weighted by atomic mass is 16.4. The summed E-state index contributed by atoms with van der Waals surface area (Å²) in [6.45, 7) is 1.35. The summed E-state index contributed by atoms with van der Waals surface area (Å²) in [7, 11) is 3.79. The van der Waals surface area contributed by atoms with E-state index in [0.29, 0.717) is 19.1 Å². The first-order chi connectivity index (χ1) is 7.79. The number of rotatable bonds is 5. The van der Waals surface area contributed by atoms with Crippen molar-refractivity contribution >= 4 is 6.01 Å². The van der Waals surface area contributed by atoms with Crippen LogP contribution in [0.25, 0.3) is 0 Å². The smallest absolute Gasteiger partial charge is 0.297 e. The average molecular weight is 221 g/mol. The van der Waals surface area contributed by atoms with Crippen molar-refractivity contribution in [3.05, 3.63) is 36.1 Å². The molecule has 1 N–H and O–H groups in total. The lowest BCUT2D eigenvalue weighted by Crippen LogP contribution is -2.16. The Balaban J connectivity index is 2.00. The molecule has 2 rings (SSSR count). The van der Waals surface area contributed by atoms with E-state index >= 15 is 0 Å². The fourth-order valence-electron chi connectivity index (χ4n) is 1.44. The van der Waals surface area contributed by atoms with Gasteiger partial charge in [0.2, 0.25) is 0 Å². The maximum Gasteiger partial charge on any atom is 0.297 e. The molecule has 0 atom stereocenters. The van der Waals surface area contributed by atoms with Gasteiger partial charge < -0.3 is 19.1 Å². The second-order valence-electron chi connectivity index (χ2n) is 3.59. The molecule has 86 valence electrons. The summed E-state index contributed by atoms with van der Waals surface area (Å²) in [5.74, 6) is 0.885. The van der Waals surface area contributed by atoms with Gasteiger partial charge in [0, 0.05) is 13.6 Å². The van der Waals surface area contributed by atoms with Gasteiger partial charge in [-0.25, -0.2) is 0 Å². The summed E-state index contributed by atoms with van der Waals surface area (Å²) in [6, 6.07) is 4.39. The van der Waals surface area contributed by atoms with E-state index in [-0.39, 0.29) is 0 Å². The van der Waals surface area contributed by atoms with Gasteiger partial charge in [-0.2, -0.15) is 4.98 Å². The number of hydrogen-bond donors (Lipinski definition) is 1. The Bertz CT molecular complexity index is 422. The van der Waals surface area contributed by atoms with Crippen molar-refractivity contribution in [1.29, 1.82) is 0 Å². The lowest BCUT2D eigenvalue weighted by Gasteiger charge is -2.11. The van der Waals surface area contributed by atoms with Gasteiger partial charge in [-0.1, -0.05) is 0 Å². The van der Waals surface area contributed by atoms with Gasteiger partial charge in [0.25, 0.3) is 6.01 Å². The van der Waals surface area contributed by atoms with E-state index in [1.54, 1.807) is 12.5 Å². The predicted molar refractivity (Wildman–Crippen MR) is 60.1 cm³/mol. The fraction of sp³-hybridized carbons (Fsp3) is 0.364. The van der Waals surface area contributed by atoms with Crippen LogP contribution in [0.4, 0.5) is 6.01 Å². The van der Waals surface area contributed by atoms with E-state index in [4.69, 9.17) is 8.83 Å². The molecule has 0 unspecified atom stereocenters. The number of aromatic nitrogens is 1. The minimum Gasteiger partial charge on any atom is -0.467 e. The quantitative estimate of drug-likeness (QED) is 0.831. The van der Waals surface area contributed by atoms with E-state index in [2.05, 4.69) is 10.3 Å². The zero-order valence-electron chi connectivity index (χ0n) is 9.43. The zero-order valence-corrected chi connectivity index (χ0v) is 9.43. The molecular formula is C11H15N3O2. The van der Waals surface area contributed by atoms with Crippen molar-refractivity contribution in [2.24, 2.45) is 0 Å². The summed E-state index contributed by atoms with van der Waals surface area (Å²) >= 11 is 0. The van der Waals surface area contributed by atoms with Crippen LogP contribution in [-0.4, -0.2) is 19.1 Å². The topological polar surface area (TPSA) is 54.4 Å². The summed E-state index contributed by atoms with van der Waals surface area (Å²) in [4.78, 5) is 6.24. The molecule has 2 aromatic rings. The van der Waals surface area contributed by atoms with Crippen LogP contribution in [0, 0.1) is 0 Å². The van der Waals surface area contributed by atoms with Crippen LogP contribution in [-0.2, 0) is 13.1 Å². The molecule has 2 aromatic heterocycles. The largest absolute Gasteiger partial charge is 0.467 e. The molecule has 0 saturated heterocycles. The van der Waals surface area contributed by atoms with Gasteiger partial charge in [-0.15, -0.1) is 0 Å². The summed E-state index contributed by atoms with van der Waals surface area (Å²) in [5.41, 5.74) is 0.892. The Kier molecular flexibility index (Phi) is 3.26. The highest BCUT2D eigenvalue weighted by molar-refractivity contribution is 5.26. The first-order valence-corrected chi connectivity index (χ1v) is 5.12. The van der Waals surface area contributed by atoms with Gasteiger partial charge in [0.05, 0.1) is 18.5 Å². The van der Waals surface area contributed by atoms with Crippen molar-refractivity contribution in [3.8, 4) is 0 Å². The first-order valence-electron chi connectivity index (χ1n) is 5.12.